The number of nitrogens with zero attached hydrogens (tertiary/aromatic N) is 1. The molecule has 9 heteroatoms. The van der Waals surface area contributed by atoms with Crippen molar-refractivity contribution in [3.8, 4) is 5.75 Å². The maximum atomic E-state index is 12.2. The van der Waals surface area contributed by atoms with Crippen molar-refractivity contribution in [3.63, 3.8) is 0 Å². The highest BCUT2D eigenvalue weighted by atomic mass is 35.5. The van der Waals surface area contributed by atoms with Gasteiger partial charge in [-0.25, -0.2) is 9.78 Å². The molecule has 4 N–H and O–H groups in total. The van der Waals surface area contributed by atoms with Crippen LogP contribution in [0.4, 0.5) is 21.3 Å². The summed E-state index contributed by atoms with van der Waals surface area (Å²) in [7, 11) is 0. The number of urea groups is 1. The zero-order valence-corrected chi connectivity index (χ0v) is 16.9. The summed E-state index contributed by atoms with van der Waals surface area (Å²) in [6, 6.07) is 17.7. The Morgan fingerprint density at radius 2 is 1.53 bits per heavy atom. The van der Waals surface area contributed by atoms with E-state index in [1.807, 2.05) is 0 Å². The molecule has 0 aliphatic carbocycles. The molecule has 0 saturated heterocycles. The maximum absolute atomic E-state index is 12.2. The molecule has 0 aliphatic heterocycles. The molecule has 30 heavy (non-hydrogen) atoms. The van der Waals surface area contributed by atoms with Gasteiger partial charge in [0.05, 0.1) is 10.2 Å². The van der Waals surface area contributed by atoms with E-state index in [0.717, 1.165) is 4.70 Å². The predicted octanol–water partition coefficient (Wildman–Crippen LogP) is 5.55. The second-order valence-electron chi connectivity index (χ2n) is 6.29. The Balaban J connectivity index is 1.35. The summed E-state index contributed by atoms with van der Waals surface area (Å²) in [5.74, 6) is -0.114. The molecule has 0 bridgehead atoms. The molecule has 0 atom stereocenters. The average Bonchev–Trinajstić information content (AvgIpc) is 3.11. The molecule has 7 nitrogen and oxygen atoms in total. The first-order chi connectivity index (χ1) is 14.5. The van der Waals surface area contributed by atoms with Gasteiger partial charge in [0.25, 0.3) is 5.91 Å². The van der Waals surface area contributed by atoms with Gasteiger partial charge in [-0.1, -0.05) is 22.9 Å². The SMILES string of the molecule is O=C(Nc1ccc(NC(=O)c2ccc(Cl)cc2)cc1)Nc1nc2ccc(O)cc2s1. The van der Waals surface area contributed by atoms with E-state index in [9.17, 15) is 14.7 Å². The number of carbonyl (C=O) groups is 2. The van der Waals surface area contributed by atoms with Crippen molar-refractivity contribution in [1.82, 2.24) is 4.98 Å². The number of fused-ring (bicyclic) bond motifs is 1. The van der Waals surface area contributed by atoms with Crippen molar-refractivity contribution in [1.29, 1.82) is 0 Å². The molecule has 1 heterocycles. The van der Waals surface area contributed by atoms with Crippen molar-refractivity contribution in [2.75, 3.05) is 16.0 Å². The molecule has 3 amide bonds. The Labute approximate surface area is 180 Å². The minimum atomic E-state index is -0.448. The van der Waals surface area contributed by atoms with E-state index in [1.165, 1.54) is 11.3 Å². The van der Waals surface area contributed by atoms with Gasteiger partial charge in [0, 0.05) is 22.0 Å². The van der Waals surface area contributed by atoms with Crippen LogP contribution in [0.3, 0.4) is 0 Å². The third kappa shape index (κ3) is 4.68. The molecule has 150 valence electrons. The Kier molecular flexibility index (Phi) is 5.51. The first kappa shape index (κ1) is 19.7. The number of aromatic hydroxyl groups is 1. The van der Waals surface area contributed by atoms with Crippen LogP contribution in [-0.2, 0) is 0 Å². The van der Waals surface area contributed by atoms with E-state index in [0.29, 0.717) is 32.6 Å². The van der Waals surface area contributed by atoms with Gasteiger partial charge in [0.15, 0.2) is 5.13 Å². The number of benzene rings is 3. The highest BCUT2D eigenvalue weighted by molar-refractivity contribution is 7.22. The standard InChI is InChI=1S/C21H15ClN4O3S/c22-13-3-1-12(2-4-13)19(28)23-14-5-7-15(8-6-14)24-20(29)26-21-25-17-10-9-16(27)11-18(17)30-21/h1-11,27H,(H,23,28)(H2,24,25,26,29). The van der Waals surface area contributed by atoms with E-state index >= 15 is 0 Å². The number of nitrogens with one attached hydrogen (secondary N) is 3. The van der Waals surface area contributed by atoms with Crippen molar-refractivity contribution in [2.24, 2.45) is 0 Å². The zero-order chi connectivity index (χ0) is 21.1. The van der Waals surface area contributed by atoms with Crippen LogP contribution in [0.25, 0.3) is 10.2 Å². The molecule has 3 aromatic carbocycles. The van der Waals surface area contributed by atoms with E-state index in [4.69, 9.17) is 11.6 Å². The highest BCUT2D eigenvalue weighted by Gasteiger charge is 2.09. The topological polar surface area (TPSA) is 103 Å². The average molecular weight is 439 g/mol. The van der Waals surface area contributed by atoms with Gasteiger partial charge in [-0.15, -0.1) is 0 Å². The van der Waals surface area contributed by atoms with Crippen molar-refractivity contribution >= 4 is 61.6 Å². The fourth-order valence-corrected chi connectivity index (χ4v) is 3.69. The van der Waals surface area contributed by atoms with Crippen molar-refractivity contribution in [3.05, 3.63) is 77.3 Å². The van der Waals surface area contributed by atoms with E-state index in [-0.39, 0.29) is 11.7 Å². The molecule has 0 spiro atoms. The minimum Gasteiger partial charge on any atom is -0.508 e. The number of halogens is 1. The number of phenols is 1. The number of rotatable bonds is 4. The fraction of sp³-hybridized carbons (Fsp3) is 0. The first-order valence-corrected chi connectivity index (χ1v) is 10.0. The summed E-state index contributed by atoms with van der Waals surface area (Å²) in [4.78, 5) is 28.7. The number of amides is 3. The minimum absolute atomic E-state index is 0.144. The van der Waals surface area contributed by atoms with Gasteiger partial charge in [-0.05, 0) is 66.7 Å². The Morgan fingerprint density at radius 1 is 0.867 bits per heavy atom. The molecule has 0 fully saturated rings. The van der Waals surface area contributed by atoms with Crippen LogP contribution >= 0.6 is 22.9 Å². The number of hydrogen-bond donors (Lipinski definition) is 4. The van der Waals surface area contributed by atoms with Gasteiger partial charge in [0.1, 0.15) is 5.75 Å². The van der Waals surface area contributed by atoms with Gasteiger partial charge >= 0.3 is 6.03 Å². The van der Waals surface area contributed by atoms with Crippen LogP contribution in [0.15, 0.2) is 66.7 Å². The summed E-state index contributed by atoms with van der Waals surface area (Å²) in [5, 5.41) is 18.6. The lowest BCUT2D eigenvalue weighted by molar-refractivity contribution is 0.102. The Hall–Kier alpha value is -3.62. The lowest BCUT2D eigenvalue weighted by atomic mass is 10.2. The maximum Gasteiger partial charge on any atom is 0.325 e. The molecular weight excluding hydrogens is 424 g/mol. The normalized spacial score (nSPS) is 10.6. The van der Waals surface area contributed by atoms with Crippen LogP contribution in [-0.4, -0.2) is 22.0 Å². The summed E-state index contributed by atoms with van der Waals surface area (Å²) in [5.41, 5.74) is 2.32. The summed E-state index contributed by atoms with van der Waals surface area (Å²) in [6.45, 7) is 0. The van der Waals surface area contributed by atoms with Crippen LogP contribution < -0.4 is 16.0 Å². The second-order valence-corrected chi connectivity index (χ2v) is 7.76. The van der Waals surface area contributed by atoms with Gasteiger partial charge in [0.2, 0.25) is 0 Å². The lowest BCUT2D eigenvalue weighted by Crippen LogP contribution is -2.19. The zero-order valence-electron chi connectivity index (χ0n) is 15.3. The quantitative estimate of drug-likeness (QED) is 0.335. The van der Waals surface area contributed by atoms with Crippen molar-refractivity contribution < 1.29 is 14.7 Å². The molecule has 1 aromatic heterocycles. The summed E-state index contributed by atoms with van der Waals surface area (Å²) in [6.07, 6.45) is 0. The lowest BCUT2D eigenvalue weighted by Gasteiger charge is -2.08. The largest absolute Gasteiger partial charge is 0.508 e. The third-order valence-corrected chi connectivity index (χ3v) is 5.29. The smallest absolute Gasteiger partial charge is 0.325 e. The molecule has 0 aliphatic rings. The van der Waals surface area contributed by atoms with Crippen LogP contribution in [0.5, 0.6) is 5.75 Å². The summed E-state index contributed by atoms with van der Waals surface area (Å²) < 4.78 is 0.770. The Morgan fingerprint density at radius 3 is 2.23 bits per heavy atom. The Bertz CT molecular complexity index is 1220. The number of anilines is 3. The van der Waals surface area contributed by atoms with Crippen LogP contribution in [0.1, 0.15) is 10.4 Å². The molecule has 4 aromatic rings. The van der Waals surface area contributed by atoms with Gasteiger partial charge < -0.3 is 15.7 Å². The number of carbonyl (C=O) groups excluding carboxylic acids is 2. The van der Waals surface area contributed by atoms with Crippen molar-refractivity contribution in [2.45, 2.75) is 0 Å². The van der Waals surface area contributed by atoms with Crippen LogP contribution in [0.2, 0.25) is 5.02 Å². The number of aromatic nitrogens is 1. The number of hydrogen-bond acceptors (Lipinski definition) is 5. The summed E-state index contributed by atoms with van der Waals surface area (Å²) >= 11 is 7.09. The van der Waals surface area contributed by atoms with Gasteiger partial charge in [-0.2, -0.15) is 0 Å². The first-order valence-electron chi connectivity index (χ1n) is 8.81. The molecule has 0 unspecified atom stereocenters. The highest BCUT2D eigenvalue weighted by Crippen LogP contribution is 2.28. The fourth-order valence-electron chi connectivity index (χ4n) is 2.67. The third-order valence-electron chi connectivity index (χ3n) is 4.10. The van der Waals surface area contributed by atoms with E-state index in [2.05, 4.69) is 20.9 Å². The molecule has 4 rings (SSSR count). The van der Waals surface area contributed by atoms with Crippen LogP contribution in [0, 0.1) is 0 Å². The monoisotopic (exact) mass is 438 g/mol. The molecule has 0 radical (unpaired) electrons. The molecular formula is C21H15ClN4O3S. The van der Waals surface area contributed by atoms with E-state index in [1.54, 1.807) is 66.7 Å². The second kappa shape index (κ2) is 8.40. The predicted molar refractivity (Wildman–Crippen MR) is 120 cm³/mol. The molecule has 0 saturated carbocycles. The number of thiazole rings is 1. The van der Waals surface area contributed by atoms with E-state index < -0.39 is 6.03 Å². The number of phenolic OH excluding ortho intramolecular Hbond substituents is 1. The van der Waals surface area contributed by atoms with Gasteiger partial charge in [-0.3, -0.25) is 10.1 Å².